The lowest BCUT2D eigenvalue weighted by Crippen LogP contribution is -2.40. The number of hydrogen-bond acceptors (Lipinski definition) is 1. The molecule has 20 heavy (non-hydrogen) atoms. The first kappa shape index (κ1) is 12.5. The van der Waals surface area contributed by atoms with Gasteiger partial charge in [0, 0.05) is 12.1 Å². The molecule has 0 aromatic carbocycles. The highest BCUT2D eigenvalue weighted by Gasteiger charge is 2.56. The molecule has 1 heteroatoms. The molecule has 1 heterocycles. The van der Waals surface area contributed by atoms with Crippen LogP contribution in [0.2, 0.25) is 0 Å². The van der Waals surface area contributed by atoms with E-state index in [0.717, 1.165) is 47.6 Å². The van der Waals surface area contributed by atoms with Gasteiger partial charge < -0.3 is 5.32 Å². The van der Waals surface area contributed by atoms with Gasteiger partial charge in [-0.25, -0.2) is 0 Å². The summed E-state index contributed by atoms with van der Waals surface area (Å²) < 4.78 is 0. The Morgan fingerprint density at radius 2 is 1.35 bits per heavy atom. The van der Waals surface area contributed by atoms with Crippen molar-refractivity contribution in [1.82, 2.24) is 5.32 Å². The number of hydrogen-bond donors (Lipinski definition) is 1. The van der Waals surface area contributed by atoms with E-state index in [1.54, 1.807) is 44.9 Å². The third-order valence-corrected chi connectivity index (χ3v) is 8.15. The van der Waals surface area contributed by atoms with Crippen LogP contribution in [0, 0.1) is 35.5 Å². The molecule has 4 aliphatic carbocycles. The van der Waals surface area contributed by atoms with E-state index in [0.29, 0.717) is 0 Å². The van der Waals surface area contributed by atoms with Crippen LogP contribution in [-0.4, -0.2) is 12.1 Å². The summed E-state index contributed by atoms with van der Waals surface area (Å²) in [5.74, 6) is 6.72. The Labute approximate surface area is 124 Å². The third-order valence-electron chi connectivity index (χ3n) is 8.15. The average Bonchev–Trinajstić information content (AvgIpc) is 3.04. The van der Waals surface area contributed by atoms with Gasteiger partial charge in [0.15, 0.2) is 0 Å². The minimum atomic E-state index is 0.917. The van der Waals surface area contributed by atoms with Crippen LogP contribution in [0.5, 0.6) is 0 Å². The molecule has 0 radical (unpaired) electrons. The van der Waals surface area contributed by atoms with Crippen molar-refractivity contribution >= 4 is 0 Å². The molecule has 1 saturated heterocycles. The van der Waals surface area contributed by atoms with Gasteiger partial charge in [-0.1, -0.05) is 32.1 Å². The maximum atomic E-state index is 4.09. The SMILES string of the molecule is C1CCC2C(C1)CC1C2CCC2NC3CCCCC3C21. The van der Waals surface area contributed by atoms with Crippen molar-refractivity contribution in [2.45, 2.75) is 82.7 Å². The van der Waals surface area contributed by atoms with Crippen LogP contribution in [0.1, 0.15) is 70.6 Å². The molecule has 8 atom stereocenters. The molecular formula is C19H31N. The van der Waals surface area contributed by atoms with Gasteiger partial charge in [-0.2, -0.15) is 0 Å². The molecule has 1 aliphatic heterocycles. The van der Waals surface area contributed by atoms with Crippen LogP contribution in [0.4, 0.5) is 0 Å². The highest BCUT2D eigenvalue weighted by molar-refractivity contribution is 5.08. The number of fused-ring (bicyclic) bond motifs is 7. The molecule has 4 saturated carbocycles. The minimum Gasteiger partial charge on any atom is -0.311 e. The van der Waals surface area contributed by atoms with E-state index in [9.17, 15) is 0 Å². The van der Waals surface area contributed by atoms with Gasteiger partial charge >= 0.3 is 0 Å². The quantitative estimate of drug-likeness (QED) is 0.691. The Hall–Kier alpha value is -0.0400. The Balaban J connectivity index is 1.43. The van der Waals surface area contributed by atoms with Gasteiger partial charge in [0.25, 0.3) is 0 Å². The topological polar surface area (TPSA) is 12.0 Å². The predicted octanol–water partition coefficient (Wildman–Crippen LogP) is 4.37. The number of nitrogens with one attached hydrogen (secondary N) is 1. The highest BCUT2D eigenvalue weighted by atomic mass is 15.0. The van der Waals surface area contributed by atoms with Crippen molar-refractivity contribution in [2.24, 2.45) is 35.5 Å². The largest absolute Gasteiger partial charge is 0.311 e. The zero-order valence-electron chi connectivity index (χ0n) is 12.9. The third kappa shape index (κ3) is 1.71. The second-order valence-corrected chi connectivity index (χ2v) is 8.75. The summed E-state index contributed by atoms with van der Waals surface area (Å²) in [4.78, 5) is 0. The highest BCUT2D eigenvalue weighted by Crippen LogP contribution is 2.59. The fraction of sp³-hybridized carbons (Fsp3) is 1.00. The molecule has 5 rings (SSSR count). The van der Waals surface area contributed by atoms with Crippen molar-refractivity contribution in [3.63, 3.8) is 0 Å². The van der Waals surface area contributed by atoms with E-state index >= 15 is 0 Å². The molecule has 8 unspecified atom stereocenters. The Bertz CT molecular complexity index is 378. The molecule has 1 N–H and O–H groups in total. The number of rotatable bonds is 0. The molecule has 112 valence electrons. The van der Waals surface area contributed by atoms with Crippen LogP contribution >= 0.6 is 0 Å². The monoisotopic (exact) mass is 273 g/mol. The van der Waals surface area contributed by atoms with Crippen LogP contribution in [0.25, 0.3) is 0 Å². The minimum absolute atomic E-state index is 0.917. The zero-order valence-corrected chi connectivity index (χ0v) is 12.9. The summed E-state index contributed by atoms with van der Waals surface area (Å²) in [6.45, 7) is 0. The van der Waals surface area contributed by atoms with E-state index in [2.05, 4.69) is 5.32 Å². The van der Waals surface area contributed by atoms with E-state index in [1.807, 2.05) is 0 Å². The van der Waals surface area contributed by atoms with E-state index < -0.39 is 0 Å². The second kappa shape index (κ2) is 4.73. The Morgan fingerprint density at radius 3 is 2.30 bits per heavy atom. The van der Waals surface area contributed by atoms with Crippen LogP contribution in [0.15, 0.2) is 0 Å². The van der Waals surface area contributed by atoms with Gasteiger partial charge in [0.05, 0.1) is 0 Å². The first-order valence-corrected chi connectivity index (χ1v) is 9.68. The van der Waals surface area contributed by atoms with Crippen molar-refractivity contribution in [3.05, 3.63) is 0 Å². The van der Waals surface area contributed by atoms with Crippen molar-refractivity contribution < 1.29 is 0 Å². The smallest absolute Gasteiger partial charge is 0.0104 e. The molecule has 5 fully saturated rings. The first-order valence-electron chi connectivity index (χ1n) is 9.68. The van der Waals surface area contributed by atoms with Gasteiger partial charge in [-0.05, 0) is 74.0 Å². The Morgan fingerprint density at radius 1 is 0.550 bits per heavy atom. The van der Waals surface area contributed by atoms with Crippen LogP contribution < -0.4 is 5.32 Å². The summed E-state index contributed by atoms with van der Waals surface area (Å²) in [6, 6.07) is 1.84. The van der Waals surface area contributed by atoms with Gasteiger partial charge in [-0.15, -0.1) is 0 Å². The van der Waals surface area contributed by atoms with Gasteiger partial charge in [0.2, 0.25) is 0 Å². The first-order chi connectivity index (χ1) is 9.92. The van der Waals surface area contributed by atoms with Crippen LogP contribution in [0.3, 0.4) is 0 Å². The molecule has 0 amide bonds. The van der Waals surface area contributed by atoms with Crippen molar-refractivity contribution in [2.75, 3.05) is 0 Å². The molecule has 0 aromatic rings. The lowest BCUT2D eigenvalue weighted by molar-refractivity contribution is 0.0972. The van der Waals surface area contributed by atoms with Crippen molar-refractivity contribution in [3.8, 4) is 0 Å². The summed E-state index contributed by atoms with van der Waals surface area (Å²) in [5, 5.41) is 4.09. The zero-order chi connectivity index (χ0) is 13.1. The molecule has 1 nitrogen and oxygen atoms in total. The normalized spacial score (nSPS) is 57.6. The van der Waals surface area contributed by atoms with Crippen LogP contribution in [-0.2, 0) is 0 Å². The lowest BCUT2D eigenvalue weighted by atomic mass is 9.63. The molecule has 0 spiro atoms. The fourth-order valence-electron chi connectivity index (χ4n) is 7.58. The average molecular weight is 273 g/mol. The summed E-state index contributed by atoms with van der Waals surface area (Å²) in [7, 11) is 0. The maximum Gasteiger partial charge on any atom is 0.0104 e. The standard InChI is InChI=1S/C19H31N/c1-2-6-13-12(5-1)11-16-14(13)9-10-18-19(16)15-7-3-4-8-17(15)20-18/h12-20H,1-11H2. The molecule has 0 bridgehead atoms. The summed E-state index contributed by atoms with van der Waals surface area (Å²) in [5.41, 5.74) is 0. The lowest BCUT2D eigenvalue weighted by Gasteiger charge is -2.41. The van der Waals surface area contributed by atoms with Gasteiger partial charge in [-0.3, -0.25) is 0 Å². The second-order valence-electron chi connectivity index (χ2n) is 8.75. The van der Waals surface area contributed by atoms with E-state index in [1.165, 1.54) is 25.7 Å². The van der Waals surface area contributed by atoms with Crippen molar-refractivity contribution in [1.29, 1.82) is 0 Å². The molecule has 0 aromatic heterocycles. The van der Waals surface area contributed by atoms with E-state index in [-0.39, 0.29) is 0 Å². The maximum absolute atomic E-state index is 4.09. The van der Waals surface area contributed by atoms with Gasteiger partial charge in [0.1, 0.15) is 0 Å². The summed E-state index contributed by atoms with van der Waals surface area (Å²) >= 11 is 0. The molecular weight excluding hydrogens is 242 g/mol. The van der Waals surface area contributed by atoms with E-state index in [4.69, 9.17) is 0 Å². The molecule has 5 aliphatic rings. The summed E-state index contributed by atoms with van der Waals surface area (Å²) in [6.07, 6.45) is 17.0. The Kier molecular flexibility index (Phi) is 2.96. The predicted molar refractivity (Wildman–Crippen MR) is 82.4 cm³/mol. The fourth-order valence-corrected chi connectivity index (χ4v) is 7.58.